The standard InChI is InChI=1S/C19H18O4/c1-12-17(19(20)22-3)18(13-7-5-4-6-8-13)15-10-9-14(21-2)11-16(15)23-12/h4-11,18H,1-3H3/t18-/m0/s1. The van der Waals surface area contributed by atoms with Crippen molar-refractivity contribution >= 4 is 5.97 Å². The maximum atomic E-state index is 12.3. The fourth-order valence-corrected chi connectivity index (χ4v) is 2.91. The molecule has 0 saturated carbocycles. The second kappa shape index (κ2) is 6.16. The summed E-state index contributed by atoms with van der Waals surface area (Å²) in [7, 11) is 3.00. The van der Waals surface area contributed by atoms with Crippen molar-refractivity contribution in [3.8, 4) is 11.5 Å². The Kier molecular flexibility index (Phi) is 4.06. The Labute approximate surface area is 135 Å². The molecule has 118 valence electrons. The van der Waals surface area contributed by atoms with Crippen molar-refractivity contribution in [1.29, 1.82) is 0 Å². The molecule has 1 atom stereocenters. The quantitative estimate of drug-likeness (QED) is 0.812. The summed E-state index contributed by atoms with van der Waals surface area (Å²) in [6.45, 7) is 1.78. The molecule has 0 amide bonds. The maximum Gasteiger partial charge on any atom is 0.338 e. The van der Waals surface area contributed by atoms with Crippen molar-refractivity contribution in [2.45, 2.75) is 12.8 Å². The molecule has 4 heteroatoms. The molecular formula is C19H18O4. The van der Waals surface area contributed by atoms with Gasteiger partial charge in [0.25, 0.3) is 0 Å². The third-order valence-electron chi connectivity index (χ3n) is 4.00. The average Bonchev–Trinajstić information content (AvgIpc) is 2.60. The van der Waals surface area contributed by atoms with Crippen LogP contribution in [0, 0.1) is 0 Å². The zero-order valence-corrected chi connectivity index (χ0v) is 13.3. The van der Waals surface area contributed by atoms with Gasteiger partial charge in [0, 0.05) is 17.5 Å². The first-order valence-electron chi connectivity index (χ1n) is 7.35. The third kappa shape index (κ3) is 2.68. The Morgan fingerprint density at radius 3 is 2.48 bits per heavy atom. The van der Waals surface area contributed by atoms with Gasteiger partial charge in [-0.2, -0.15) is 0 Å². The Bertz CT molecular complexity index is 762. The van der Waals surface area contributed by atoms with E-state index in [1.807, 2.05) is 48.5 Å². The normalized spacial score (nSPS) is 16.4. The van der Waals surface area contributed by atoms with Gasteiger partial charge in [0.1, 0.15) is 17.3 Å². The van der Waals surface area contributed by atoms with Crippen LogP contribution < -0.4 is 9.47 Å². The highest BCUT2D eigenvalue weighted by molar-refractivity contribution is 5.92. The number of hydrogen-bond acceptors (Lipinski definition) is 4. The first-order chi connectivity index (χ1) is 11.2. The Morgan fingerprint density at radius 1 is 1.09 bits per heavy atom. The monoisotopic (exact) mass is 310 g/mol. The topological polar surface area (TPSA) is 44.8 Å². The molecule has 4 nitrogen and oxygen atoms in total. The summed E-state index contributed by atoms with van der Waals surface area (Å²) in [5.74, 6) is 1.36. The fraction of sp³-hybridized carbons (Fsp3) is 0.211. The molecule has 0 aromatic heterocycles. The van der Waals surface area contributed by atoms with Gasteiger partial charge in [0.15, 0.2) is 0 Å². The average molecular weight is 310 g/mol. The van der Waals surface area contributed by atoms with Gasteiger partial charge in [-0.05, 0) is 18.6 Å². The minimum Gasteiger partial charge on any atom is -0.497 e. The molecular weight excluding hydrogens is 292 g/mol. The van der Waals surface area contributed by atoms with Gasteiger partial charge < -0.3 is 14.2 Å². The van der Waals surface area contributed by atoms with Crippen molar-refractivity contribution in [2.75, 3.05) is 14.2 Å². The van der Waals surface area contributed by atoms with Crippen molar-refractivity contribution in [2.24, 2.45) is 0 Å². The Morgan fingerprint density at radius 2 is 1.83 bits per heavy atom. The molecule has 0 radical (unpaired) electrons. The van der Waals surface area contributed by atoms with Gasteiger partial charge >= 0.3 is 5.97 Å². The summed E-state index contributed by atoms with van der Waals surface area (Å²) in [5, 5.41) is 0. The van der Waals surface area contributed by atoms with Gasteiger partial charge in [-0.3, -0.25) is 0 Å². The van der Waals surface area contributed by atoms with Crippen LogP contribution in [-0.2, 0) is 9.53 Å². The molecule has 1 aliphatic rings. The summed E-state index contributed by atoms with van der Waals surface area (Å²) in [6.07, 6.45) is 0. The number of fused-ring (bicyclic) bond motifs is 1. The zero-order chi connectivity index (χ0) is 16.4. The Balaban J connectivity index is 2.20. The lowest BCUT2D eigenvalue weighted by molar-refractivity contribution is -0.136. The predicted octanol–water partition coefficient (Wildman–Crippen LogP) is 3.67. The fourth-order valence-electron chi connectivity index (χ4n) is 2.91. The molecule has 23 heavy (non-hydrogen) atoms. The van der Waals surface area contributed by atoms with Crippen LogP contribution in [0.3, 0.4) is 0 Å². The molecule has 0 aliphatic carbocycles. The minimum atomic E-state index is -0.377. The highest BCUT2D eigenvalue weighted by Crippen LogP contribution is 2.44. The van der Waals surface area contributed by atoms with Gasteiger partial charge in [-0.15, -0.1) is 0 Å². The van der Waals surface area contributed by atoms with Crippen molar-refractivity contribution in [1.82, 2.24) is 0 Å². The number of carbonyl (C=O) groups is 1. The molecule has 0 saturated heterocycles. The van der Waals surface area contributed by atoms with Crippen LogP contribution in [0.5, 0.6) is 11.5 Å². The lowest BCUT2D eigenvalue weighted by Crippen LogP contribution is -2.22. The van der Waals surface area contributed by atoms with Crippen LogP contribution >= 0.6 is 0 Å². The highest BCUT2D eigenvalue weighted by Gasteiger charge is 2.34. The van der Waals surface area contributed by atoms with Gasteiger partial charge in [-0.1, -0.05) is 36.4 Å². The number of allylic oxidation sites excluding steroid dienone is 1. The van der Waals surface area contributed by atoms with Gasteiger partial charge in [0.2, 0.25) is 0 Å². The van der Waals surface area contributed by atoms with Crippen LogP contribution in [0.4, 0.5) is 0 Å². The zero-order valence-electron chi connectivity index (χ0n) is 13.3. The molecule has 3 rings (SSSR count). The number of ether oxygens (including phenoxy) is 3. The van der Waals surface area contributed by atoms with E-state index in [1.54, 1.807) is 14.0 Å². The molecule has 1 aliphatic heterocycles. The first kappa shape index (κ1) is 15.2. The second-order valence-corrected chi connectivity index (χ2v) is 5.31. The number of carbonyl (C=O) groups excluding carboxylic acids is 1. The maximum absolute atomic E-state index is 12.3. The first-order valence-corrected chi connectivity index (χ1v) is 7.35. The van der Waals surface area contributed by atoms with E-state index in [9.17, 15) is 4.79 Å². The molecule has 1 heterocycles. The van der Waals surface area contributed by atoms with Gasteiger partial charge in [0.05, 0.1) is 19.8 Å². The van der Waals surface area contributed by atoms with E-state index >= 15 is 0 Å². The van der Waals surface area contributed by atoms with Crippen LogP contribution in [0.25, 0.3) is 0 Å². The lowest BCUT2D eigenvalue weighted by Gasteiger charge is -2.29. The molecule has 0 unspecified atom stereocenters. The van der Waals surface area contributed by atoms with Crippen molar-refractivity contribution in [3.05, 3.63) is 71.0 Å². The van der Waals surface area contributed by atoms with Gasteiger partial charge in [-0.25, -0.2) is 4.79 Å². The molecule has 0 N–H and O–H groups in total. The molecule has 2 aromatic carbocycles. The SMILES string of the molecule is COC(=O)C1=C(C)Oc2cc(OC)ccc2[C@@H]1c1ccccc1. The lowest BCUT2D eigenvalue weighted by atomic mass is 9.82. The number of esters is 1. The van der Waals surface area contributed by atoms with E-state index < -0.39 is 0 Å². The van der Waals surface area contributed by atoms with E-state index in [0.29, 0.717) is 22.8 Å². The summed E-state index contributed by atoms with van der Waals surface area (Å²) in [5.41, 5.74) is 2.46. The van der Waals surface area contributed by atoms with Crippen LogP contribution in [0.15, 0.2) is 59.9 Å². The van der Waals surface area contributed by atoms with Crippen LogP contribution in [0.1, 0.15) is 24.0 Å². The van der Waals surface area contributed by atoms with Crippen molar-refractivity contribution < 1.29 is 19.0 Å². The number of methoxy groups -OCH3 is 2. The van der Waals surface area contributed by atoms with E-state index in [2.05, 4.69) is 0 Å². The number of hydrogen-bond donors (Lipinski definition) is 0. The van der Waals surface area contributed by atoms with E-state index in [1.165, 1.54) is 7.11 Å². The largest absolute Gasteiger partial charge is 0.497 e. The van der Waals surface area contributed by atoms with Crippen LogP contribution in [0.2, 0.25) is 0 Å². The Hall–Kier alpha value is -2.75. The van der Waals surface area contributed by atoms with Crippen LogP contribution in [-0.4, -0.2) is 20.2 Å². The smallest absolute Gasteiger partial charge is 0.338 e. The number of rotatable bonds is 3. The summed E-state index contributed by atoms with van der Waals surface area (Å²) in [4.78, 5) is 12.3. The minimum absolute atomic E-state index is 0.224. The third-order valence-corrected chi connectivity index (χ3v) is 4.00. The second-order valence-electron chi connectivity index (χ2n) is 5.31. The highest BCUT2D eigenvalue weighted by atomic mass is 16.5. The van der Waals surface area contributed by atoms with E-state index in [4.69, 9.17) is 14.2 Å². The molecule has 0 spiro atoms. The molecule has 0 fully saturated rings. The van der Waals surface area contributed by atoms with Crippen molar-refractivity contribution in [3.63, 3.8) is 0 Å². The molecule has 0 bridgehead atoms. The number of benzene rings is 2. The summed E-state index contributed by atoms with van der Waals surface area (Å²) in [6, 6.07) is 15.5. The predicted molar refractivity (Wildman–Crippen MR) is 86.6 cm³/mol. The summed E-state index contributed by atoms with van der Waals surface area (Å²) < 4.78 is 16.1. The van der Waals surface area contributed by atoms with E-state index in [-0.39, 0.29) is 11.9 Å². The summed E-state index contributed by atoms with van der Waals surface area (Å²) >= 11 is 0. The molecule has 2 aromatic rings. The van der Waals surface area contributed by atoms with E-state index in [0.717, 1.165) is 11.1 Å².